The maximum atomic E-state index is 13.2. The number of imidazole rings is 1. The van der Waals surface area contributed by atoms with Gasteiger partial charge in [0, 0.05) is 19.4 Å². The summed E-state index contributed by atoms with van der Waals surface area (Å²) in [6.07, 6.45) is 4.00. The molecule has 7 nitrogen and oxygen atoms in total. The first-order valence-electron chi connectivity index (χ1n) is 10.8. The van der Waals surface area contributed by atoms with E-state index in [1.54, 1.807) is 13.4 Å². The number of nitrogens with zero attached hydrogens (tertiary/aromatic N) is 3. The highest BCUT2D eigenvalue weighted by molar-refractivity contribution is 5.98. The lowest BCUT2D eigenvalue weighted by Gasteiger charge is -2.27. The highest BCUT2D eigenvalue weighted by Crippen LogP contribution is 2.40. The van der Waals surface area contributed by atoms with Crippen LogP contribution in [0.25, 0.3) is 5.65 Å². The Bertz CT molecular complexity index is 1090. The fourth-order valence-corrected chi connectivity index (χ4v) is 3.81. The van der Waals surface area contributed by atoms with Crippen molar-refractivity contribution in [2.75, 3.05) is 13.7 Å². The first-order chi connectivity index (χ1) is 14.9. The van der Waals surface area contributed by atoms with Crippen molar-refractivity contribution >= 4 is 11.6 Å². The van der Waals surface area contributed by atoms with Gasteiger partial charge in [0.05, 0.1) is 24.4 Å². The normalized spacial score (nSPS) is 14.2. The van der Waals surface area contributed by atoms with Gasteiger partial charge in [-0.15, -0.1) is 0 Å². The number of nitrogens with one attached hydrogen (secondary N) is 1. The number of amides is 1. The van der Waals surface area contributed by atoms with Crippen LogP contribution in [0.5, 0.6) is 0 Å². The second-order valence-corrected chi connectivity index (χ2v) is 8.58. The number of hydrogen-bond acceptors (Lipinski definition) is 5. The van der Waals surface area contributed by atoms with Gasteiger partial charge in [-0.3, -0.25) is 9.20 Å². The largest absolute Gasteiger partial charge is 0.378 e. The molecule has 0 spiro atoms. The molecular weight excluding hydrogens is 392 g/mol. The second kappa shape index (κ2) is 8.77. The number of fused-ring (bicyclic) bond motifs is 1. The Morgan fingerprint density at radius 3 is 2.77 bits per heavy atom. The van der Waals surface area contributed by atoms with Crippen molar-refractivity contribution in [2.45, 2.75) is 58.3 Å². The average molecular weight is 423 g/mol. The van der Waals surface area contributed by atoms with Gasteiger partial charge in [-0.05, 0) is 56.7 Å². The molecule has 4 rings (SSSR count). The van der Waals surface area contributed by atoms with Crippen LogP contribution in [0.1, 0.15) is 72.5 Å². The highest BCUT2D eigenvalue weighted by atomic mass is 16.5. The Morgan fingerprint density at radius 2 is 2.06 bits per heavy atom. The van der Waals surface area contributed by atoms with Gasteiger partial charge in [-0.1, -0.05) is 24.3 Å². The summed E-state index contributed by atoms with van der Waals surface area (Å²) < 4.78 is 12.8. The van der Waals surface area contributed by atoms with Gasteiger partial charge in [-0.2, -0.15) is 0 Å². The molecular formula is C24H30N4O3. The molecule has 2 heterocycles. The molecule has 164 valence electrons. The number of aromatic nitrogens is 3. The zero-order valence-electron chi connectivity index (χ0n) is 18.6. The first-order valence-corrected chi connectivity index (χ1v) is 10.8. The summed E-state index contributed by atoms with van der Waals surface area (Å²) in [5.41, 5.74) is 4.37. The number of hydrogen-bond donors (Lipinski definition) is 1. The van der Waals surface area contributed by atoms with Crippen molar-refractivity contribution in [3.05, 3.63) is 64.9 Å². The third-order valence-electron chi connectivity index (χ3n) is 5.63. The van der Waals surface area contributed by atoms with E-state index in [0.29, 0.717) is 37.1 Å². The molecule has 1 fully saturated rings. The van der Waals surface area contributed by atoms with Crippen LogP contribution in [0.2, 0.25) is 0 Å². The van der Waals surface area contributed by atoms with Crippen LogP contribution >= 0.6 is 0 Å². The van der Waals surface area contributed by atoms with Gasteiger partial charge in [0.2, 0.25) is 0 Å². The van der Waals surface area contributed by atoms with Crippen molar-refractivity contribution in [3.8, 4) is 0 Å². The summed E-state index contributed by atoms with van der Waals surface area (Å²) in [5.74, 6) is 0.252. The van der Waals surface area contributed by atoms with E-state index < -0.39 is 5.54 Å². The molecule has 1 amide bonds. The molecule has 3 aromatic rings. The van der Waals surface area contributed by atoms with Crippen molar-refractivity contribution in [1.29, 1.82) is 0 Å². The van der Waals surface area contributed by atoms with E-state index in [2.05, 4.69) is 27.4 Å². The third kappa shape index (κ3) is 4.62. The quantitative estimate of drug-likeness (QED) is 0.565. The first kappa shape index (κ1) is 21.5. The topological polar surface area (TPSA) is 77.8 Å². The van der Waals surface area contributed by atoms with Crippen LogP contribution in [-0.2, 0) is 28.2 Å². The SMILES string of the molecule is CCOCc1cccc(C(C)(C)NC(=O)c2ncn3c(C4CC4)cc(COC)nc23)c1. The van der Waals surface area contributed by atoms with Crippen molar-refractivity contribution in [2.24, 2.45) is 0 Å². The van der Waals surface area contributed by atoms with Gasteiger partial charge < -0.3 is 14.8 Å². The zero-order valence-corrected chi connectivity index (χ0v) is 18.6. The van der Waals surface area contributed by atoms with Gasteiger partial charge in [-0.25, -0.2) is 9.97 Å². The molecule has 0 bridgehead atoms. The highest BCUT2D eigenvalue weighted by Gasteiger charge is 2.30. The van der Waals surface area contributed by atoms with Gasteiger partial charge >= 0.3 is 0 Å². The van der Waals surface area contributed by atoms with E-state index in [9.17, 15) is 4.79 Å². The molecule has 1 aliphatic rings. The van der Waals surface area contributed by atoms with Gasteiger partial charge in [0.15, 0.2) is 11.3 Å². The summed E-state index contributed by atoms with van der Waals surface area (Å²) in [6, 6.07) is 10.2. The van der Waals surface area contributed by atoms with Crippen molar-refractivity contribution in [3.63, 3.8) is 0 Å². The summed E-state index contributed by atoms with van der Waals surface area (Å²) in [5, 5.41) is 3.14. The van der Waals surface area contributed by atoms with Gasteiger partial charge in [0.25, 0.3) is 5.91 Å². The van der Waals surface area contributed by atoms with E-state index >= 15 is 0 Å². The summed E-state index contributed by atoms with van der Waals surface area (Å²) in [4.78, 5) is 22.3. The number of benzene rings is 1. The predicted molar refractivity (Wildman–Crippen MR) is 118 cm³/mol. The van der Waals surface area contributed by atoms with Crippen LogP contribution < -0.4 is 5.32 Å². The van der Waals surface area contributed by atoms with Crippen molar-refractivity contribution in [1.82, 2.24) is 19.7 Å². The number of methoxy groups -OCH3 is 1. The zero-order chi connectivity index (χ0) is 22.0. The fourth-order valence-electron chi connectivity index (χ4n) is 3.81. The van der Waals surface area contributed by atoms with Crippen LogP contribution in [0, 0.1) is 0 Å². The molecule has 0 radical (unpaired) electrons. The van der Waals surface area contributed by atoms with E-state index in [1.807, 2.05) is 43.4 Å². The molecule has 0 atom stereocenters. The smallest absolute Gasteiger partial charge is 0.274 e. The predicted octanol–water partition coefficient (Wildman–Crippen LogP) is 3.95. The number of carbonyl (C=O) groups is 1. The lowest BCUT2D eigenvalue weighted by atomic mass is 9.92. The van der Waals surface area contributed by atoms with Crippen molar-refractivity contribution < 1.29 is 14.3 Å². The monoisotopic (exact) mass is 422 g/mol. The Hall–Kier alpha value is -2.77. The molecule has 7 heteroatoms. The standard InChI is InChI=1S/C24H30N4O3/c1-5-31-13-16-7-6-8-18(11-16)24(2,3)27-23(29)21-22-26-19(14-30-4)12-20(17-9-10-17)28(22)15-25-21/h6-8,11-12,15,17H,5,9-10,13-14H2,1-4H3,(H,27,29). The molecule has 1 saturated carbocycles. The Balaban J connectivity index is 1.62. The maximum absolute atomic E-state index is 13.2. The van der Waals surface area contributed by atoms with Crippen LogP contribution in [-0.4, -0.2) is 34.0 Å². The van der Waals surface area contributed by atoms with E-state index in [-0.39, 0.29) is 5.91 Å². The summed E-state index contributed by atoms with van der Waals surface area (Å²) >= 11 is 0. The minimum Gasteiger partial charge on any atom is -0.378 e. The van der Waals surface area contributed by atoms with Crippen LogP contribution in [0.4, 0.5) is 0 Å². The van der Waals surface area contributed by atoms with Crippen LogP contribution in [0.15, 0.2) is 36.7 Å². The lowest BCUT2D eigenvalue weighted by molar-refractivity contribution is 0.0908. The minimum absolute atomic E-state index is 0.244. The minimum atomic E-state index is -0.585. The fraction of sp³-hybridized carbons (Fsp3) is 0.458. The summed E-state index contributed by atoms with van der Waals surface area (Å²) in [6.45, 7) is 7.57. The Morgan fingerprint density at radius 1 is 1.26 bits per heavy atom. The molecule has 0 aliphatic heterocycles. The molecule has 0 saturated heterocycles. The Kier molecular flexibility index (Phi) is 6.07. The molecule has 2 aromatic heterocycles. The number of rotatable bonds is 9. The molecule has 31 heavy (non-hydrogen) atoms. The average Bonchev–Trinajstić information content (AvgIpc) is 3.50. The Labute approximate surface area is 182 Å². The molecule has 1 aliphatic carbocycles. The number of carbonyl (C=O) groups excluding carboxylic acids is 1. The molecule has 1 aromatic carbocycles. The van der Waals surface area contributed by atoms with Crippen LogP contribution in [0.3, 0.4) is 0 Å². The summed E-state index contributed by atoms with van der Waals surface area (Å²) in [7, 11) is 1.65. The maximum Gasteiger partial charge on any atom is 0.274 e. The number of ether oxygens (including phenoxy) is 2. The molecule has 1 N–H and O–H groups in total. The third-order valence-corrected chi connectivity index (χ3v) is 5.63. The molecule has 0 unspecified atom stereocenters. The van der Waals surface area contributed by atoms with E-state index in [1.165, 1.54) is 0 Å². The van der Waals surface area contributed by atoms with Gasteiger partial charge in [0.1, 0.15) is 6.33 Å². The van der Waals surface area contributed by atoms with E-state index in [4.69, 9.17) is 9.47 Å². The lowest BCUT2D eigenvalue weighted by Crippen LogP contribution is -2.41. The second-order valence-electron chi connectivity index (χ2n) is 8.58. The van der Waals surface area contributed by atoms with E-state index in [0.717, 1.165) is 35.4 Å².